The number of carbonyl (C=O) groups is 1. The highest BCUT2D eigenvalue weighted by Gasteiger charge is 2.25. The molecule has 1 saturated carbocycles. The zero-order valence-electron chi connectivity index (χ0n) is 14.6. The number of rotatable bonds is 6. The number of amides is 1. The first-order valence-corrected chi connectivity index (χ1v) is 8.94. The van der Waals surface area contributed by atoms with Crippen LogP contribution in [0.15, 0.2) is 36.5 Å². The van der Waals surface area contributed by atoms with E-state index in [0.29, 0.717) is 39.9 Å². The minimum atomic E-state index is -0.157. The van der Waals surface area contributed by atoms with E-state index in [-0.39, 0.29) is 5.91 Å². The fourth-order valence-electron chi connectivity index (χ4n) is 2.65. The number of benzene rings is 1. The maximum Gasteiger partial charge on any atom is 0.229 e. The number of carbonyl (C=O) groups excluding carboxylic acids is 1. The third kappa shape index (κ3) is 4.35. The molecular formula is C18H18ClN7O. The lowest BCUT2D eigenvalue weighted by Gasteiger charge is -2.10. The quantitative estimate of drug-likeness (QED) is 0.508. The summed E-state index contributed by atoms with van der Waals surface area (Å²) in [6.45, 7) is 1.45. The summed E-state index contributed by atoms with van der Waals surface area (Å²) in [6, 6.07) is 8.90. The number of aromatic nitrogens is 4. The molecule has 2 aromatic heterocycles. The number of nitrogens with zero attached hydrogens (tertiary/aromatic N) is 3. The van der Waals surface area contributed by atoms with Crippen molar-refractivity contribution in [2.24, 2.45) is 0 Å². The molecule has 3 aromatic rings. The topological polar surface area (TPSA) is 108 Å². The van der Waals surface area contributed by atoms with Gasteiger partial charge in [-0.3, -0.25) is 9.89 Å². The van der Waals surface area contributed by atoms with Gasteiger partial charge >= 0.3 is 0 Å². The summed E-state index contributed by atoms with van der Waals surface area (Å²) < 4.78 is 0. The summed E-state index contributed by atoms with van der Waals surface area (Å²) in [4.78, 5) is 19.9. The van der Waals surface area contributed by atoms with Crippen LogP contribution in [0.25, 0.3) is 0 Å². The van der Waals surface area contributed by atoms with Gasteiger partial charge in [0.25, 0.3) is 0 Å². The van der Waals surface area contributed by atoms with Gasteiger partial charge in [-0.1, -0.05) is 11.6 Å². The molecular weight excluding hydrogens is 366 g/mol. The van der Waals surface area contributed by atoms with Crippen LogP contribution in [0.5, 0.6) is 0 Å². The Morgan fingerprint density at radius 1 is 1.19 bits per heavy atom. The van der Waals surface area contributed by atoms with Crippen molar-refractivity contribution in [2.75, 3.05) is 16.0 Å². The second-order valence-electron chi connectivity index (χ2n) is 6.37. The van der Waals surface area contributed by atoms with E-state index in [0.717, 1.165) is 5.69 Å². The fraction of sp³-hybridized carbons (Fsp3) is 0.222. The van der Waals surface area contributed by atoms with Gasteiger partial charge in [0.15, 0.2) is 5.82 Å². The maximum atomic E-state index is 11.2. The van der Waals surface area contributed by atoms with E-state index < -0.39 is 0 Å². The Balaban J connectivity index is 1.49. The van der Waals surface area contributed by atoms with Crippen molar-refractivity contribution in [3.05, 3.63) is 47.2 Å². The minimum absolute atomic E-state index is 0.157. The molecule has 138 valence electrons. The first-order chi connectivity index (χ1) is 13.1. The van der Waals surface area contributed by atoms with Crippen LogP contribution in [0, 0.1) is 0 Å². The number of halogens is 1. The average molecular weight is 384 g/mol. The van der Waals surface area contributed by atoms with Crippen LogP contribution in [0.4, 0.5) is 29.0 Å². The van der Waals surface area contributed by atoms with Crippen molar-refractivity contribution in [3.8, 4) is 0 Å². The predicted molar refractivity (Wildman–Crippen MR) is 105 cm³/mol. The maximum absolute atomic E-state index is 11.2. The molecule has 0 spiro atoms. The van der Waals surface area contributed by atoms with Gasteiger partial charge in [-0.2, -0.15) is 10.1 Å². The largest absolute Gasteiger partial charge is 0.326 e. The molecule has 8 nitrogen and oxygen atoms in total. The van der Waals surface area contributed by atoms with E-state index in [1.54, 1.807) is 30.5 Å². The molecule has 9 heteroatoms. The molecule has 1 aromatic carbocycles. The Kier molecular flexibility index (Phi) is 4.64. The van der Waals surface area contributed by atoms with E-state index in [4.69, 9.17) is 11.6 Å². The number of hydrogen-bond donors (Lipinski definition) is 4. The highest BCUT2D eigenvalue weighted by atomic mass is 35.5. The van der Waals surface area contributed by atoms with Crippen LogP contribution in [0.1, 0.15) is 31.4 Å². The van der Waals surface area contributed by atoms with Crippen LogP contribution < -0.4 is 16.0 Å². The molecule has 0 bridgehead atoms. The van der Waals surface area contributed by atoms with E-state index >= 15 is 0 Å². The molecule has 1 aliphatic carbocycles. The van der Waals surface area contributed by atoms with Crippen molar-refractivity contribution in [2.45, 2.75) is 25.7 Å². The first-order valence-electron chi connectivity index (χ1n) is 8.56. The minimum Gasteiger partial charge on any atom is -0.326 e. The van der Waals surface area contributed by atoms with Gasteiger partial charge in [0.05, 0.1) is 10.7 Å². The number of H-pyrrole nitrogens is 1. The zero-order chi connectivity index (χ0) is 18.8. The summed E-state index contributed by atoms with van der Waals surface area (Å²) >= 11 is 6.23. The Morgan fingerprint density at radius 2 is 2.04 bits per heavy atom. The Hall–Kier alpha value is -3.13. The van der Waals surface area contributed by atoms with E-state index in [9.17, 15) is 4.79 Å². The fourth-order valence-corrected chi connectivity index (χ4v) is 2.81. The zero-order valence-corrected chi connectivity index (χ0v) is 15.3. The predicted octanol–water partition coefficient (Wildman–Crippen LogP) is 4.18. The van der Waals surface area contributed by atoms with Crippen LogP contribution in [0.3, 0.4) is 0 Å². The molecule has 27 heavy (non-hydrogen) atoms. The Morgan fingerprint density at radius 3 is 2.81 bits per heavy atom. The molecule has 0 radical (unpaired) electrons. The van der Waals surface area contributed by atoms with Gasteiger partial charge in [0, 0.05) is 36.5 Å². The summed E-state index contributed by atoms with van der Waals surface area (Å²) in [5, 5.41) is 16.8. The van der Waals surface area contributed by atoms with Crippen molar-refractivity contribution in [1.29, 1.82) is 0 Å². The third-order valence-corrected chi connectivity index (χ3v) is 4.39. The van der Waals surface area contributed by atoms with Crippen LogP contribution in [0.2, 0.25) is 5.02 Å². The molecule has 4 rings (SSSR count). The van der Waals surface area contributed by atoms with Gasteiger partial charge in [-0.05, 0) is 37.1 Å². The van der Waals surface area contributed by atoms with Gasteiger partial charge < -0.3 is 16.0 Å². The van der Waals surface area contributed by atoms with Crippen molar-refractivity contribution >= 4 is 46.5 Å². The second kappa shape index (κ2) is 7.24. The molecule has 1 fully saturated rings. The van der Waals surface area contributed by atoms with Gasteiger partial charge in [0.1, 0.15) is 5.82 Å². The lowest BCUT2D eigenvalue weighted by atomic mass is 10.2. The molecule has 0 aliphatic heterocycles. The first kappa shape index (κ1) is 17.3. The van der Waals surface area contributed by atoms with Crippen molar-refractivity contribution in [3.63, 3.8) is 0 Å². The highest BCUT2D eigenvalue weighted by molar-refractivity contribution is 6.33. The standard InChI is InChI=1S/C18H18ClN7O/c1-10(27)21-12-4-5-13(19)15(8-12)22-18-20-7-6-16(24-18)23-17-9-14(25-26-17)11-2-3-11/h4-9,11H,2-3H2,1H3,(H,21,27)(H3,20,22,23,24,25,26). The van der Waals surface area contributed by atoms with E-state index in [2.05, 4.69) is 36.1 Å². The average Bonchev–Trinajstić information content (AvgIpc) is 3.38. The summed E-state index contributed by atoms with van der Waals surface area (Å²) in [6.07, 6.45) is 4.06. The van der Waals surface area contributed by atoms with E-state index in [1.807, 2.05) is 6.07 Å². The SMILES string of the molecule is CC(=O)Nc1ccc(Cl)c(Nc2nccc(Nc3cc(C4CC4)[nH]n3)n2)c1. The number of anilines is 5. The van der Waals surface area contributed by atoms with Gasteiger partial charge in [-0.25, -0.2) is 4.98 Å². The lowest BCUT2D eigenvalue weighted by molar-refractivity contribution is -0.114. The molecule has 0 unspecified atom stereocenters. The van der Waals surface area contributed by atoms with Gasteiger partial charge in [-0.15, -0.1) is 0 Å². The van der Waals surface area contributed by atoms with E-state index in [1.165, 1.54) is 19.8 Å². The summed E-state index contributed by atoms with van der Waals surface area (Å²) in [5.41, 5.74) is 2.37. The van der Waals surface area contributed by atoms with Crippen LogP contribution in [-0.4, -0.2) is 26.1 Å². The normalized spacial score (nSPS) is 13.3. The van der Waals surface area contributed by atoms with Crippen molar-refractivity contribution in [1.82, 2.24) is 20.2 Å². The molecule has 1 aliphatic rings. The molecule has 2 heterocycles. The highest BCUT2D eigenvalue weighted by Crippen LogP contribution is 2.39. The smallest absolute Gasteiger partial charge is 0.229 e. The molecule has 0 atom stereocenters. The number of aromatic amines is 1. The Labute approximate surface area is 160 Å². The van der Waals surface area contributed by atoms with Gasteiger partial charge in [0.2, 0.25) is 11.9 Å². The van der Waals surface area contributed by atoms with Crippen molar-refractivity contribution < 1.29 is 4.79 Å². The number of nitrogens with one attached hydrogen (secondary N) is 4. The number of hydrogen-bond acceptors (Lipinski definition) is 6. The second-order valence-corrected chi connectivity index (χ2v) is 6.78. The summed E-state index contributed by atoms with van der Waals surface area (Å²) in [7, 11) is 0. The third-order valence-electron chi connectivity index (χ3n) is 4.06. The van der Waals surface area contributed by atoms with Crippen LogP contribution in [-0.2, 0) is 4.79 Å². The molecule has 0 saturated heterocycles. The Bertz CT molecular complexity index is 983. The monoisotopic (exact) mass is 383 g/mol. The molecule has 4 N–H and O–H groups in total. The molecule has 1 amide bonds. The lowest BCUT2D eigenvalue weighted by Crippen LogP contribution is -2.06. The summed E-state index contributed by atoms with van der Waals surface area (Å²) in [5.74, 6) is 2.14. The van der Waals surface area contributed by atoms with Crippen LogP contribution >= 0.6 is 11.6 Å².